The maximum Gasteiger partial charge on any atom is 0.435 e. The Morgan fingerprint density at radius 1 is 1.03 bits per heavy atom. The number of hydrogen-bond donors (Lipinski definition) is 0. The van der Waals surface area contributed by atoms with Gasteiger partial charge in [-0.05, 0) is 68.9 Å². The van der Waals surface area contributed by atoms with Crippen LogP contribution in [-0.2, 0) is 17.5 Å². The predicted molar refractivity (Wildman–Crippen MR) is 137 cm³/mol. The van der Waals surface area contributed by atoms with Gasteiger partial charge in [0.25, 0.3) is 5.91 Å². The molecule has 3 aromatic rings. The lowest BCUT2D eigenvalue weighted by Crippen LogP contribution is -2.34. The van der Waals surface area contributed by atoms with Gasteiger partial charge in [0.1, 0.15) is 6.54 Å². The molecular formula is C29H29F3N4O. The molecule has 0 radical (unpaired) electrons. The minimum atomic E-state index is -4.57. The second-order valence-electron chi connectivity index (χ2n) is 9.98. The van der Waals surface area contributed by atoms with Crippen LogP contribution in [-0.4, -0.2) is 26.4 Å². The highest BCUT2D eigenvalue weighted by molar-refractivity contribution is 6.08. The second kappa shape index (κ2) is 9.65. The van der Waals surface area contributed by atoms with Crippen LogP contribution in [0.4, 0.5) is 13.2 Å². The first-order valence-electron chi connectivity index (χ1n) is 12.5. The van der Waals surface area contributed by atoms with Crippen molar-refractivity contribution in [1.82, 2.24) is 14.8 Å². The molecule has 1 amide bonds. The summed E-state index contributed by atoms with van der Waals surface area (Å²) in [5.74, 6) is -0.372. The topological polar surface area (TPSA) is 50.5 Å². The molecule has 5 nitrogen and oxygen atoms in total. The van der Waals surface area contributed by atoms with Crippen molar-refractivity contribution >= 4 is 17.7 Å². The maximum absolute atomic E-state index is 13.6. The second-order valence-corrected chi connectivity index (χ2v) is 9.98. The van der Waals surface area contributed by atoms with Gasteiger partial charge in [-0.1, -0.05) is 59.7 Å². The highest BCUT2D eigenvalue weighted by Crippen LogP contribution is 2.44. The van der Waals surface area contributed by atoms with Crippen LogP contribution in [0.15, 0.2) is 65.3 Å². The van der Waals surface area contributed by atoms with Gasteiger partial charge in [-0.15, -0.1) is 0 Å². The van der Waals surface area contributed by atoms with Gasteiger partial charge in [0, 0.05) is 11.6 Å². The molecule has 192 valence electrons. The summed E-state index contributed by atoms with van der Waals surface area (Å²) in [6.45, 7) is 5.25. The number of benzene rings is 2. The molecule has 8 heteroatoms. The summed E-state index contributed by atoms with van der Waals surface area (Å²) >= 11 is 0. The fourth-order valence-corrected chi connectivity index (χ4v) is 5.18. The van der Waals surface area contributed by atoms with Gasteiger partial charge < -0.3 is 0 Å². The number of aromatic nitrogens is 2. The maximum atomic E-state index is 13.6. The summed E-state index contributed by atoms with van der Waals surface area (Å²) in [5.41, 5.74) is 5.59. The molecule has 1 aliphatic heterocycles. The van der Waals surface area contributed by atoms with Crippen LogP contribution in [0.3, 0.4) is 0 Å². The Morgan fingerprint density at radius 3 is 2.30 bits per heavy atom. The molecule has 1 fully saturated rings. The van der Waals surface area contributed by atoms with E-state index in [4.69, 9.17) is 5.10 Å². The van der Waals surface area contributed by atoms with E-state index in [2.05, 4.69) is 35.4 Å². The third-order valence-corrected chi connectivity index (χ3v) is 7.15. The first-order valence-corrected chi connectivity index (χ1v) is 12.5. The van der Waals surface area contributed by atoms with Gasteiger partial charge in [0.15, 0.2) is 5.69 Å². The lowest BCUT2D eigenvalue weighted by molar-refractivity contribution is -0.142. The molecule has 2 aromatic carbocycles. The molecule has 37 heavy (non-hydrogen) atoms. The highest BCUT2D eigenvalue weighted by Gasteiger charge is 2.44. The van der Waals surface area contributed by atoms with E-state index < -0.39 is 11.9 Å². The van der Waals surface area contributed by atoms with Crippen LogP contribution in [0.1, 0.15) is 58.9 Å². The van der Waals surface area contributed by atoms with Crippen LogP contribution in [0.2, 0.25) is 0 Å². The number of hydrazone groups is 1. The first-order chi connectivity index (χ1) is 17.6. The molecule has 0 unspecified atom stereocenters. The number of rotatable bonds is 4. The minimum Gasteiger partial charge on any atom is -0.271 e. The zero-order valence-electron chi connectivity index (χ0n) is 21.1. The Bertz CT molecular complexity index is 1370. The standard InChI is InChI=1S/C29H29F3N4O/c1-18-7-11-21(12-8-18)16-23-5-4-6-24-27(23)34-36(28(24)22-13-9-19(2)10-14-22)26(37)17-35-20(3)15-25(33-35)29(30,31)32/h7-16,24,28H,4-6,17H2,1-3H3/b23-16+/t24-,28+/m0/s1. The number of hydrogen-bond acceptors (Lipinski definition) is 3. The quantitative estimate of drug-likeness (QED) is 0.398. The number of allylic oxidation sites excluding steroid dienone is 1. The predicted octanol–water partition coefficient (Wildman–Crippen LogP) is 6.65. The molecule has 0 saturated heterocycles. The summed E-state index contributed by atoms with van der Waals surface area (Å²) in [7, 11) is 0. The molecule has 0 bridgehead atoms. The fourth-order valence-electron chi connectivity index (χ4n) is 5.18. The Morgan fingerprint density at radius 2 is 1.68 bits per heavy atom. The van der Waals surface area contributed by atoms with Crippen LogP contribution >= 0.6 is 0 Å². The number of carbonyl (C=O) groups is 1. The van der Waals surface area contributed by atoms with Crippen molar-refractivity contribution < 1.29 is 18.0 Å². The number of amides is 1. The Labute approximate surface area is 214 Å². The molecule has 1 aliphatic carbocycles. The van der Waals surface area contributed by atoms with Crippen molar-refractivity contribution in [2.75, 3.05) is 0 Å². The number of aryl methyl sites for hydroxylation is 3. The van der Waals surface area contributed by atoms with Gasteiger partial charge in [0.05, 0.1) is 11.8 Å². The summed E-state index contributed by atoms with van der Waals surface area (Å²) in [5, 5.41) is 9.97. The van der Waals surface area contributed by atoms with Gasteiger partial charge in [-0.25, -0.2) is 5.01 Å². The lowest BCUT2D eigenvalue weighted by Gasteiger charge is -2.29. The van der Waals surface area contributed by atoms with Gasteiger partial charge in [-0.2, -0.15) is 23.4 Å². The van der Waals surface area contributed by atoms with Crippen molar-refractivity contribution in [3.05, 3.63) is 93.8 Å². The molecule has 0 spiro atoms. The first kappa shape index (κ1) is 25.0. The SMILES string of the molecule is Cc1ccc(/C=C2\CCC[C@H]3C2=NN(C(=O)Cn2nc(C(F)(F)F)cc2C)[C@@H]3c2ccc(C)cc2)cc1. The van der Waals surface area contributed by atoms with Crippen molar-refractivity contribution in [3.8, 4) is 0 Å². The highest BCUT2D eigenvalue weighted by atomic mass is 19.4. The van der Waals surface area contributed by atoms with E-state index in [-0.39, 0.29) is 30.1 Å². The van der Waals surface area contributed by atoms with Gasteiger partial charge in [0.2, 0.25) is 0 Å². The fraction of sp³-hybridized carbons (Fsp3) is 0.345. The average molecular weight is 507 g/mol. The van der Waals surface area contributed by atoms with Crippen molar-refractivity contribution in [3.63, 3.8) is 0 Å². The zero-order valence-corrected chi connectivity index (χ0v) is 21.1. The van der Waals surface area contributed by atoms with Crippen molar-refractivity contribution in [2.45, 2.75) is 58.8 Å². The zero-order chi connectivity index (χ0) is 26.3. The van der Waals surface area contributed by atoms with E-state index >= 15 is 0 Å². The molecule has 2 aliphatic rings. The third-order valence-electron chi connectivity index (χ3n) is 7.15. The van der Waals surface area contributed by atoms with E-state index in [9.17, 15) is 18.0 Å². The monoisotopic (exact) mass is 506 g/mol. The molecule has 2 atom stereocenters. The Balaban J connectivity index is 1.51. The van der Waals surface area contributed by atoms with E-state index in [0.29, 0.717) is 0 Å². The van der Waals surface area contributed by atoms with Crippen LogP contribution in [0, 0.1) is 26.7 Å². The Hall–Kier alpha value is -3.68. The van der Waals surface area contributed by atoms with Crippen molar-refractivity contribution in [1.29, 1.82) is 0 Å². The van der Waals surface area contributed by atoms with Gasteiger partial charge in [-0.3, -0.25) is 9.48 Å². The molecule has 1 saturated carbocycles. The third kappa shape index (κ3) is 5.10. The number of halogens is 3. The smallest absolute Gasteiger partial charge is 0.271 e. The number of alkyl halides is 3. The summed E-state index contributed by atoms with van der Waals surface area (Å²) in [6, 6.07) is 17.0. The molecule has 1 aromatic heterocycles. The van der Waals surface area contributed by atoms with E-state index in [0.717, 1.165) is 58.0 Å². The Kier molecular flexibility index (Phi) is 6.52. The minimum absolute atomic E-state index is 0.0153. The molecule has 0 N–H and O–H groups in total. The summed E-state index contributed by atoms with van der Waals surface area (Å²) < 4.78 is 40.7. The van der Waals surface area contributed by atoms with E-state index in [1.807, 2.05) is 38.1 Å². The normalized spacial score (nSPS) is 20.8. The lowest BCUT2D eigenvalue weighted by atomic mass is 9.77. The van der Waals surface area contributed by atoms with Crippen LogP contribution in [0.25, 0.3) is 6.08 Å². The number of carbonyl (C=O) groups excluding carboxylic acids is 1. The summed E-state index contributed by atoms with van der Waals surface area (Å²) in [4.78, 5) is 13.6. The number of fused-ring (bicyclic) bond motifs is 1. The largest absolute Gasteiger partial charge is 0.435 e. The average Bonchev–Trinajstić information content (AvgIpc) is 3.43. The summed E-state index contributed by atoms with van der Waals surface area (Å²) in [6.07, 6.45) is 0.281. The molecule has 2 heterocycles. The molecular weight excluding hydrogens is 477 g/mol. The number of nitrogens with zero attached hydrogens (tertiary/aromatic N) is 4. The van der Waals surface area contributed by atoms with Gasteiger partial charge >= 0.3 is 6.18 Å². The molecule has 5 rings (SSSR count). The van der Waals surface area contributed by atoms with Crippen molar-refractivity contribution in [2.24, 2.45) is 11.0 Å². The van der Waals surface area contributed by atoms with E-state index in [1.54, 1.807) is 0 Å². The van der Waals surface area contributed by atoms with Crippen LogP contribution in [0.5, 0.6) is 0 Å². The van der Waals surface area contributed by atoms with E-state index in [1.165, 1.54) is 17.5 Å². The van der Waals surface area contributed by atoms with Crippen LogP contribution < -0.4 is 0 Å².